The van der Waals surface area contributed by atoms with E-state index in [0.29, 0.717) is 16.3 Å². The standard InChI is InChI=1S/C12H9ClF2N2/c13-8-1-2-11(17-6-8)12(16)7-3-9(14)5-10(15)4-7/h1-6,12H,16H2. The highest BCUT2D eigenvalue weighted by Gasteiger charge is 2.12. The monoisotopic (exact) mass is 254 g/mol. The maximum Gasteiger partial charge on any atom is 0.126 e. The molecule has 2 aromatic rings. The summed E-state index contributed by atoms with van der Waals surface area (Å²) < 4.78 is 26.1. The molecular formula is C12H9ClF2N2. The second-order valence-electron chi connectivity index (χ2n) is 3.58. The van der Waals surface area contributed by atoms with Crippen LogP contribution in [0.2, 0.25) is 5.02 Å². The minimum atomic E-state index is -0.683. The Labute approximate surface area is 102 Å². The summed E-state index contributed by atoms with van der Waals surface area (Å²) in [7, 11) is 0. The van der Waals surface area contributed by atoms with Crippen LogP contribution in [0.15, 0.2) is 36.5 Å². The van der Waals surface area contributed by atoms with E-state index in [9.17, 15) is 8.78 Å². The molecule has 1 unspecified atom stereocenters. The van der Waals surface area contributed by atoms with Gasteiger partial charge in [-0.15, -0.1) is 0 Å². The normalized spacial score (nSPS) is 12.5. The third-order valence-corrected chi connectivity index (χ3v) is 2.54. The Morgan fingerprint density at radius 1 is 1.12 bits per heavy atom. The second-order valence-corrected chi connectivity index (χ2v) is 4.02. The molecule has 88 valence electrons. The molecular weight excluding hydrogens is 246 g/mol. The molecule has 0 saturated carbocycles. The Morgan fingerprint density at radius 3 is 2.29 bits per heavy atom. The van der Waals surface area contributed by atoms with Gasteiger partial charge in [-0.1, -0.05) is 11.6 Å². The van der Waals surface area contributed by atoms with Gasteiger partial charge in [0.15, 0.2) is 0 Å². The van der Waals surface area contributed by atoms with Crippen LogP contribution in [0, 0.1) is 11.6 Å². The lowest BCUT2D eigenvalue weighted by molar-refractivity contribution is 0.577. The van der Waals surface area contributed by atoms with Gasteiger partial charge in [0, 0.05) is 12.3 Å². The molecule has 2 N–H and O–H groups in total. The van der Waals surface area contributed by atoms with Gasteiger partial charge >= 0.3 is 0 Å². The van der Waals surface area contributed by atoms with Crippen LogP contribution in [0.1, 0.15) is 17.3 Å². The Morgan fingerprint density at radius 2 is 1.76 bits per heavy atom. The van der Waals surface area contributed by atoms with E-state index < -0.39 is 17.7 Å². The van der Waals surface area contributed by atoms with Crippen LogP contribution >= 0.6 is 11.6 Å². The van der Waals surface area contributed by atoms with Crippen molar-refractivity contribution in [1.29, 1.82) is 0 Å². The fourth-order valence-corrected chi connectivity index (χ4v) is 1.61. The fourth-order valence-electron chi connectivity index (χ4n) is 1.50. The number of hydrogen-bond donors (Lipinski definition) is 1. The quantitative estimate of drug-likeness (QED) is 0.895. The highest BCUT2D eigenvalue weighted by molar-refractivity contribution is 6.30. The topological polar surface area (TPSA) is 38.9 Å². The Kier molecular flexibility index (Phi) is 3.36. The summed E-state index contributed by atoms with van der Waals surface area (Å²) in [4.78, 5) is 4.01. The van der Waals surface area contributed by atoms with Gasteiger partial charge in [0.1, 0.15) is 11.6 Å². The lowest BCUT2D eigenvalue weighted by atomic mass is 10.0. The largest absolute Gasteiger partial charge is 0.319 e. The zero-order valence-electron chi connectivity index (χ0n) is 8.70. The average Bonchev–Trinajstić information content (AvgIpc) is 2.28. The molecule has 0 bridgehead atoms. The maximum absolute atomic E-state index is 13.0. The van der Waals surface area contributed by atoms with E-state index in [-0.39, 0.29) is 0 Å². The van der Waals surface area contributed by atoms with Crippen molar-refractivity contribution < 1.29 is 8.78 Å². The molecule has 5 heteroatoms. The van der Waals surface area contributed by atoms with E-state index in [0.717, 1.165) is 6.07 Å². The van der Waals surface area contributed by atoms with Crippen LogP contribution in [0.5, 0.6) is 0 Å². The van der Waals surface area contributed by atoms with Crippen molar-refractivity contribution in [1.82, 2.24) is 4.98 Å². The third kappa shape index (κ3) is 2.78. The van der Waals surface area contributed by atoms with Crippen molar-refractivity contribution in [2.45, 2.75) is 6.04 Å². The summed E-state index contributed by atoms with van der Waals surface area (Å²) >= 11 is 5.69. The average molecular weight is 255 g/mol. The van der Waals surface area contributed by atoms with E-state index in [1.807, 2.05) is 0 Å². The van der Waals surface area contributed by atoms with Crippen molar-refractivity contribution in [3.05, 3.63) is 64.4 Å². The van der Waals surface area contributed by atoms with Crippen LogP contribution in [-0.4, -0.2) is 4.98 Å². The van der Waals surface area contributed by atoms with E-state index >= 15 is 0 Å². The molecule has 0 aliphatic carbocycles. The first-order valence-electron chi connectivity index (χ1n) is 4.89. The number of hydrogen-bond acceptors (Lipinski definition) is 2. The summed E-state index contributed by atoms with van der Waals surface area (Å²) in [5, 5.41) is 0.478. The van der Waals surface area contributed by atoms with Crippen LogP contribution in [0.4, 0.5) is 8.78 Å². The van der Waals surface area contributed by atoms with Gasteiger partial charge in [-0.25, -0.2) is 8.78 Å². The van der Waals surface area contributed by atoms with Crippen molar-refractivity contribution in [3.8, 4) is 0 Å². The van der Waals surface area contributed by atoms with E-state index in [2.05, 4.69) is 4.98 Å². The summed E-state index contributed by atoms with van der Waals surface area (Å²) in [5.41, 5.74) is 6.70. The number of halogens is 3. The number of aromatic nitrogens is 1. The molecule has 0 spiro atoms. The highest BCUT2D eigenvalue weighted by Crippen LogP contribution is 2.20. The summed E-state index contributed by atoms with van der Waals surface area (Å²) in [6, 6.07) is 5.73. The molecule has 2 nitrogen and oxygen atoms in total. The van der Waals surface area contributed by atoms with Gasteiger partial charge in [-0.2, -0.15) is 0 Å². The van der Waals surface area contributed by atoms with Gasteiger partial charge in [0.2, 0.25) is 0 Å². The number of rotatable bonds is 2. The zero-order valence-corrected chi connectivity index (χ0v) is 9.46. The summed E-state index contributed by atoms with van der Waals surface area (Å²) in [5.74, 6) is -1.33. The van der Waals surface area contributed by atoms with Gasteiger partial charge in [-0.05, 0) is 29.8 Å². The summed E-state index contributed by atoms with van der Waals surface area (Å²) in [6.07, 6.45) is 1.44. The van der Waals surface area contributed by atoms with Gasteiger partial charge in [-0.3, -0.25) is 4.98 Å². The van der Waals surface area contributed by atoms with Crippen molar-refractivity contribution in [2.24, 2.45) is 5.73 Å². The fraction of sp³-hybridized carbons (Fsp3) is 0.0833. The molecule has 0 aliphatic heterocycles. The molecule has 2 rings (SSSR count). The first-order valence-corrected chi connectivity index (χ1v) is 5.27. The molecule has 1 aromatic heterocycles. The van der Waals surface area contributed by atoms with Crippen molar-refractivity contribution in [3.63, 3.8) is 0 Å². The number of nitrogens with two attached hydrogens (primary N) is 1. The first-order chi connectivity index (χ1) is 8.06. The Hall–Kier alpha value is -1.52. The Balaban J connectivity index is 2.36. The molecule has 1 aromatic carbocycles. The van der Waals surface area contributed by atoms with E-state index in [1.54, 1.807) is 12.1 Å². The SMILES string of the molecule is NC(c1cc(F)cc(F)c1)c1ccc(Cl)cn1. The van der Waals surface area contributed by atoms with E-state index in [4.69, 9.17) is 17.3 Å². The van der Waals surface area contributed by atoms with Gasteiger partial charge in [0.25, 0.3) is 0 Å². The predicted molar refractivity (Wildman–Crippen MR) is 61.6 cm³/mol. The van der Waals surface area contributed by atoms with E-state index in [1.165, 1.54) is 18.3 Å². The number of benzene rings is 1. The second kappa shape index (κ2) is 4.77. The van der Waals surface area contributed by atoms with Gasteiger partial charge < -0.3 is 5.73 Å². The molecule has 1 heterocycles. The number of pyridine rings is 1. The lowest BCUT2D eigenvalue weighted by Crippen LogP contribution is -2.13. The van der Waals surface area contributed by atoms with Gasteiger partial charge in [0.05, 0.1) is 16.8 Å². The molecule has 1 atom stereocenters. The third-order valence-electron chi connectivity index (χ3n) is 2.31. The highest BCUT2D eigenvalue weighted by atomic mass is 35.5. The predicted octanol–water partition coefficient (Wildman–Crippen LogP) is 3.06. The molecule has 0 radical (unpaired) electrons. The molecule has 17 heavy (non-hydrogen) atoms. The van der Waals surface area contributed by atoms with Crippen LogP contribution < -0.4 is 5.73 Å². The zero-order chi connectivity index (χ0) is 12.4. The molecule has 0 fully saturated rings. The minimum absolute atomic E-state index is 0.331. The molecule has 0 aliphatic rings. The summed E-state index contributed by atoms with van der Waals surface area (Å²) in [6.45, 7) is 0. The maximum atomic E-state index is 13.0. The number of nitrogens with zero attached hydrogens (tertiary/aromatic N) is 1. The molecule has 0 saturated heterocycles. The van der Waals surface area contributed by atoms with Crippen molar-refractivity contribution in [2.75, 3.05) is 0 Å². The first kappa shape index (κ1) is 12.0. The van der Waals surface area contributed by atoms with Crippen LogP contribution in [0.3, 0.4) is 0 Å². The van der Waals surface area contributed by atoms with Crippen LogP contribution in [-0.2, 0) is 0 Å². The van der Waals surface area contributed by atoms with Crippen molar-refractivity contribution >= 4 is 11.6 Å². The Bertz CT molecular complexity index is 508. The minimum Gasteiger partial charge on any atom is -0.319 e. The smallest absolute Gasteiger partial charge is 0.126 e. The van der Waals surface area contributed by atoms with Crippen LogP contribution in [0.25, 0.3) is 0 Å². The molecule has 0 amide bonds. The lowest BCUT2D eigenvalue weighted by Gasteiger charge is -2.11.